The van der Waals surface area contributed by atoms with E-state index in [4.69, 9.17) is 14.2 Å². The second-order valence-electron chi connectivity index (χ2n) is 5.99. The second-order valence-corrected chi connectivity index (χ2v) is 5.99. The molecule has 1 aromatic heterocycles. The van der Waals surface area contributed by atoms with Crippen LogP contribution in [0.3, 0.4) is 0 Å². The summed E-state index contributed by atoms with van der Waals surface area (Å²) in [6, 6.07) is 13.3. The predicted molar refractivity (Wildman–Crippen MR) is 109 cm³/mol. The smallest absolute Gasteiger partial charge is 0.274 e. The zero-order valence-corrected chi connectivity index (χ0v) is 16.3. The highest BCUT2D eigenvalue weighted by molar-refractivity contribution is 5.82. The zero-order valence-electron chi connectivity index (χ0n) is 16.3. The van der Waals surface area contributed by atoms with E-state index in [0.717, 1.165) is 5.56 Å². The van der Waals surface area contributed by atoms with Crippen LogP contribution < -0.4 is 25.2 Å². The van der Waals surface area contributed by atoms with Crippen LogP contribution >= 0.6 is 0 Å². The van der Waals surface area contributed by atoms with Gasteiger partial charge in [0.2, 0.25) is 11.7 Å². The van der Waals surface area contributed by atoms with E-state index in [9.17, 15) is 4.79 Å². The zero-order chi connectivity index (χ0) is 20.6. The highest BCUT2D eigenvalue weighted by Gasteiger charge is 2.14. The highest BCUT2D eigenvalue weighted by atomic mass is 16.5. The van der Waals surface area contributed by atoms with E-state index in [0.29, 0.717) is 29.4 Å². The lowest BCUT2D eigenvalue weighted by Crippen LogP contribution is -2.15. The molecule has 0 amide bonds. The summed E-state index contributed by atoms with van der Waals surface area (Å²) in [5, 5.41) is 11.6. The number of hydrazone groups is 1. The van der Waals surface area contributed by atoms with E-state index in [1.54, 1.807) is 33.3 Å². The minimum Gasteiger partial charge on any atom is -0.493 e. The largest absolute Gasteiger partial charge is 0.493 e. The molecule has 0 saturated heterocycles. The van der Waals surface area contributed by atoms with E-state index in [1.807, 2.05) is 30.3 Å². The van der Waals surface area contributed by atoms with Crippen molar-refractivity contribution in [2.24, 2.45) is 5.10 Å². The number of nitrogens with one attached hydrogen (secondary N) is 2. The molecule has 0 unspecified atom stereocenters. The highest BCUT2D eigenvalue weighted by Crippen LogP contribution is 2.38. The van der Waals surface area contributed by atoms with Crippen molar-refractivity contribution < 1.29 is 14.2 Å². The van der Waals surface area contributed by atoms with E-state index in [1.165, 1.54) is 6.21 Å². The fourth-order valence-corrected chi connectivity index (χ4v) is 2.46. The van der Waals surface area contributed by atoms with Crippen molar-refractivity contribution in [2.75, 3.05) is 19.6 Å². The Hall–Kier alpha value is -3.88. The van der Waals surface area contributed by atoms with Gasteiger partial charge in [0.1, 0.15) is 12.3 Å². The second kappa shape index (κ2) is 9.36. The molecule has 0 aliphatic carbocycles. The van der Waals surface area contributed by atoms with Crippen LogP contribution in [0.2, 0.25) is 0 Å². The third-order valence-corrected chi connectivity index (χ3v) is 3.95. The fraction of sp³-hybridized carbons (Fsp3) is 0.200. The van der Waals surface area contributed by atoms with Crippen molar-refractivity contribution >= 4 is 12.2 Å². The molecule has 0 atom stereocenters. The van der Waals surface area contributed by atoms with Gasteiger partial charge in [-0.3, -0.25) is 9.78 Å². The van der Waals surface area contributed by atoms with Crippen molar-refractivity contribution in [1.82, 2.24) is 15.2 Å². The van der Waals surface area contributed by atoms with Crippen LogP contribution in [0, 0.1) is 6.92 Å². The molecule has 0 radical (unpaired) electrons. The molecule has 0 saturated carbocycles. The number of H-pyrrole nitrogens is 1. The summed E-state index contributed by atoms with van der Waals surface area (Å²) in [6.07, 6.45) is 1.53. The van der Waals surface area contributed by atoms with Gasteiger partial charge in [-0.25, -0.2) is 5.43 Å². The van der Waals surface area contributed by atoms with Crippen LogP contribution in [-0.2, 0) is 6.61 Å². The number of aryl methyl sites for hydroxylation is 1. The lowest BCUT2D eigenvalue weighted by atomic mass is 10.2. The molecule has 9 nitrogen and oxygen atoms in total. The van der Waals surface area contributed by atoms with Gasteiger partial charge in [0.15, 0.2) is 11.5 Å². The Bertz CT molecular complexity index is 1030. The average Bonchev–Trinajstić information content (AvgIpc) is 2.75. The van der Waals surface area contributed by atoms with Gasteiger partial charge in [0.05, 0.1) is 20.4 Å². The Morgan fingerprint density at radius 1 is 1.10 bits per heavy atom. The molecule has 0 fully saturated rings. The maximum atomic E-state index is 11.5. The van der Waals surface area contributed by atoms with Gasteiger partial charge in [-0.05, 0) is 24.6 Å². The molecule has 0 aliphatic rings. The van der Waals surface area contributed by atoms with Crippen LogP contribution in [0.1, 0.15) is 16.8 Å². The molecule has 3 rings (SSSR count). The van der Waals surface area contributed by atoms with Crippen molar-refractivity contribution in [3.8, 4) is 17.2 Å². The molecule has 2 aromatic carbocycles. The lowest BCUT2D eigenvalue weighted by molar-refractivity contribution is 0.266. The van der Waals surface area contributed by atoms with Gasteiger partial charge in [-0.1, -0.05) is 30.3 Å². The minimum absolute atomic E-state index is 0.138. The molecule has 0 spiro atoms. The van der Waals surface area contributed by atoms with E-state index in [-0.39, 0.29) is 17.2 Å². The number of methoxy groups -OCH3 is 2. The number of hydrogen-bond acceptors (Lipinski definition) is 8. The summed E-state index contributed by atoms with van der Waals surface area (Å²) < 4.78 is 16.8. The third kappa shape index (κ3) is 5.10. The SMILES string of the molecule is COc1cc(/C=N/Nc2nnc(C)c(=O)[nH]2)cc(OC)c1OCc1ccccc1. The molecule has 9 heteroatoms. The first kappa shape index (κ1) is 19.9. The van der Waals surface area contributed by atoms with Crippen LogP contribution in [0.15, 0.2) is 52.4 Å². The monoisotopic (exact) mass is 395 g/mol. The molecule has 0 aliphatic heterocycles. The first-order chi connectivity index (χ1) is 14.1. The van der Waals surface area contributed by atoms with Gasteiger partial charge in [-0.15, -0.1) is 10.2 Å². The Morgan fingerprint density at radius 3 is 2.41 bits per heavy atom. The van der Waals surface area contributed by atoms with E-state index in [2.05, 4.69) is 25.7 Å². The minimum atomic E-state index is -0.332. The van der Waals surface area contributed by atoms with E-state index < -0.39 is 0 Å². The molecular weight excluding hydrogens is 374 g/mol. The molecule has 2 N–H and O–H groups in total. The molecule has 29 heavy (non-hydrogen) atoms. The average molecular weight is 395 g/mol. The maximum absolute atomic E-state index is 11.5. The number of anilines is 1. The quantitative estimate of drug-likeness (QED) is 0.445. The predicted octanol–water partition coefficient (Wildman–Crippen LogP) is 2.52. The summed E-state index contributed by atoms with van der Waals surface area (Å²) in [5.74, 6) is 1.65. The van der Waals surface area contributed by atoms with Crippen LogP contribution in [0.25, 0.3) is 0 Å². The van der Waals surface area contributed by atoms with Crippen LogP contribution in [0.4, 0.5) is 5.95 Å². The van der Waals surface area contributed by atoms with Gasteiger partial charge in [0, 0.05) is 5.56 Å². The van der Waals surface area contributed by atoms with E-state index >= 15 is 0 Å². The van der Waals surface area contributed by atoms with Gasteiger partial charge < -0.3 is 14.2 Å². The topological polar surface area (TPSA) is 111 Å². The summed E-state index contributed by atoms with van der Waals surface area (Å²) >= 11 is 0. The number of aromatic nitrogens is 3. The number of rotatable bonds is 8. The Balaban J connectivity index is 1.77. The van der Waals surface area contributed by atoms with Gasteiger partial charge >= 0.3 is 0 Å². The fourth-order valence-electron chi connectivity index (χ4n) is 2.46. The molecule has 1 heterocycles. The molecular formula is C20H21N5O4. The van der Waals surface area contributed by atoms with Crippen molar-refractivity contribution in [1.29, 1.82) is 0 Å². The van der Waals surface area contributed by atoms with Crippen LogP contribution in [0.5, 0.6) is 17.2 Å². The lowest BCUT2D eigenvalue weighted by Gasteiger charge is -2.15. The van der Waals surface area contributed by atoms with Crippen molar-refractivity contribution in [3.63, 3.8) is 0 Å². The van der Waals surface area contributed by atoms with Gasteiger partial charge in [0.25, 0.3) is 5.56 Å². The number of hydrogen-bond donors (Lipinski definition) is 2. The first-order valence-electron chi connectivity index (χ1n) is 8.76. The summed E-state index contributed by atoms with van der Waals surface area (Å²) in [4.78, 5) is 14.1. The standard InChI is InChI=1S/C20H21N5O4/c1-13-19(26)22-20(25-23-13)24-21-11-15-9-16(27-2)18(17(10-15)28-3)29-12-14-7-5-4-6-8-14/h4-11H,12H2,1-3H3,(H2,22,24,25,26)/b21-11+. The Labute approximate surface area is 167 Å². The molecule has 0 bridgehead atoms. The first-order valence-corrected chi connectivity index (χ1v) is 8.76. The van der Waals surface area contributed by atoms with Crippen molar-refractivity contribution in [2.45, 2.75) is 13.5 Å². The third-order valence-electron chi connectivity index (χ3n) is 3.95. The maximum Gasteiger partial charge on any atom is 0.274 e. The van der Waals surface area contributed by atoms with Gasteiger partial charge in [-0.2, -0.15) is 5.10 Å². The van der Waals surface area contributed by atoms with Crippen LogP contribution in [-0.4, -0.2) is 35.6 Å². The summed E-state index contributed by atoms with van der Waals surface area (Å²) in [7, 11) is 3.10. The summed E-state index contributed by atoms with van der Waals surface area (Å²) in [6.45, 7) is 1.95. The number of nitrogens with zero attached hydrogens (tertiary/aromatic N) is 3. The molecule has 150 valence electrons. The van der Waals surface area contributed by atoms with Crippen molar-refractivity contribution in [3.05, 3.63) is 69.6 Å². The molecule has 3 aromatic rings. The Kier molecular flexibility index (Phi) is 6.41. The number of aromatic amines is 1. The summed E-state index contributed by atoms with van der Waals surface area (Å²) in [5.41, 5.74) is 4.29. The number of ether oxygens (including phenoxy) is 3. The number of benzene rings is 2. The Morgan fingerprint density at radius 2 is 1.79 bits per heavy atom. The normalized spacial score (nSPS) is 10.7.